The number of nitrogens with zero attached hydrogens (tertiary/aromatic N) is 3. The standard InChI is InChI=1S/C19H18N4O/c1-3-18(24)17-6-11(2)14(9-22-17)16-7-12-8-23-19-13(4-5-20-19)15(12)10-21-16/h4-10,18,24H,3H2,1-2H3,(H,20,23). The van der Waals surface area contributed by atoms with Crippen molar-refractivity contribution < 1.29 is 5.11 Å². The van der Waals surface area contributed by atoms with E-state index in [1.54, 1.807) is 6.20 Å². The van der Waals surface area contributed by atoms with Gasteiger partial charge >= 0.3 is 0 Å². The number of nitrogens with one attached hydrogen (secondary N) is 1. The predicted molar refractivity (Wildman–Crippen MR) is 94.6 cm³/mol. The van der Waals surface area contributed by atoms with Gasteiger partial charge in [-0.1, -0.05) is 6.92 Å². The number of hydrogen-bond acceptors (Lipinski definition) is 4. The Labute approximate surface area is 139 Å². The second-order valence-electron chi connectivity index (χ2n) is 6.00. The van der Waals surface area contributed by atoms with Crippen LogP contribution in [0.25, 0.3) is 33.1 Å². The Kier molecular flexibility index (Phi) is 3.50. The van der Waals surface area contributed by atoms with E-state index in [1.165, 1.54) is 0 Å². The molecule has 0 saturated carbocycles. The van der Waals surface area contributed by atoms with Gasteiger partial charge in [-0.25, -0.2) is 4.98 Å². The smallest absolute Gasteiger partial charge is 0.137 e. The Bertz CT molecular complexity index is 1040. The monoisotopic (exact) mass is 318 g/mol. The summed E-state index contributed by atoms with van der Waals surface area (Å²) in [7, 11) is 0. The normalized spacial score (nSPS) is 12.8. The molecule has 24 heavy (non-hydrogen) atoms. The Morgan fingerprint density at radius 2 is 1.96 bits per heavy atom. The summed E-state index contributed by atoms with van der Waals surface area (Å²) in [5, 5.41) is 13.1. The van der Waals surface area contributed by atoms with E-state index in [0.29, 0.717) is 12.1 Å². The molecule has 2 N–H and O–H groups in total. The van der Waals surface area contributed by atoms with Crippen molar-refractivity contribution in [2.24, 2.45) is 0 Å². The van der Waals surface area contributed by atoms with Crippen molar-refractivity contribution in [3.8, 4) is 11.3 Å². The fourth-order valence-electron chi connectivity index (χ4n) is 3.01. The molecule has 1 unspecified atom stereocenters. The Morgan fingerprint density at radius 3 is 2.75 bits per heavy atom. The molecular weight excluding hydrogens is 300 g/mol. The van der Waals surface area contributed by atoms with Gasteiger partial charge in [0.15, 0.2) is 0 Å². The number of H-pyrrole nitrogens is 1. The maximum absolute atomic E-state index is 9.95. The number of aromatic amines is 1. The van der Waals surface area contributed by atoms with E-state index in [0.717, 1.165) is 38.6 Å². The molecule has 0 aromatic carbocycles. The molecule has 4 aromatic rings. The average Bonchev–Trinajstić information content (AvgIpc) is 3.09. The number of aryl methyl sites for hydroxylation is 1. The van der Waals surface area contributed by atoms with Gasteiger partial charge < -0.3 is 10.1 Å². The first-order valence-corrected chi connectivity index (χ1v) is 8.04. The van der Waals surface area contributed by atoms with Crippen LogP contribution in [0.1, 0.15) is 30.7 Å². The van der Waals surface area contributed by atoms with Crippen LogP contribution >= 0.6 is 0 Å². The highest BCUT2D eigenvalue weighted by Crippen LogP contribution is 2.28. The lowest BCUT2D eigenvalue weighted by atomic mass is 10.0. The zero-order valence-corrected chi connectivity index (χ0v) is 13.6. The topological polar surface area (TPSA) is 74.7 Å². The highest BCUT2D eigenvalue weighted by molar-refractivity contribution is 6.04. The van der Waals surface area contributed by atoms with Crippen LogP contribution in [0.15, 0.2) is 43.0 Å². The van der Waals surface area contributed by atoms with Gasteiger partial charge in [-0.05, 0) is 37.1 Å². The minimum absolute atomic E-state index is 0.520. The van der Waals surface area contributed by atoms with E-state index in [9.17, 15) is 5.11 Å². The molecule has 0 aliphatic carbocycles. The van der Waals surface area contributed by atoms with E-state index >= 15 is 0 Å². The molecule has 0 aliphatic rings. The number of aliphatic hydroxyl groups is 1. The van der Waals surface area contributed by atoms with Crippen LogP contribution in [0.5, 0.6) is 0 Å². The summed E-state index contributed by atoms with van der Waals surface area (Å²) >= 11 is 0. The highest BCUT2D eigenvalue weighted by Gasteiger charge is 2.12. The van der Waals surface area contributed by atoms with E-state index in [4.69, 9.17) is 0 Å². The van der Waals surface area contributed by atoms with Gasteiger partial charge in [0.25, 0.3) is 0 Å². The summed E-state index contributed by atoms with van der Waals surface area (Å²) in [6, 6.07) is 5.98. The van der Waals surface area contributed by atoms with Crippen LogP contribution in [-0.4, -0.2) is 25.0 Å². The molecule has 4 aromatic heterocycles. The number of pyridine rings is 3. The van der Waals surface area contributed by atoms with E-state index in [1.807, 2.05) is 50.6 Å². The highest BCUT2D eigenvalue weighted by atomic mass is 16.3. The van der Waals surface area contributed by atoms with Crippen LogP contribution in [0.3, 0.4) is 0 Å². The van der Waals surface area contributed by atoms with Crippen LogP contribution in [0, 0.1) is 6.92 Å². The minimum Gasteiger partial charge on any atom is -0.387 e. The summed E-state index contributed by atoms with van der Waals surface area (Å²) in [6.07, 6.45) is 7.55. The molecule has 0 spiro atoms. The molecule has 0 amide bonds. The van der Waals surface area contributed by atoms with Crippen molar-refractivity contribution in [2.75, 3.05) is 0 Å². The summed E-state index contributed by atoms with van der Waals surface area (Å²) in [5.41, 5.74) is 4.46. The second kappa shape index (κ2) is 5.69. The predicted octanol–water partition coefficient (Wildman–Crippen LogP) is 3.92. The quantitative estimate of drug-likeness (QED) is 0.600. The lowest BCUT2D eigenvalue weighted by Gasteiger charge is -2.11. The average molecular weight is 318 g/mol. The first-order chi connectivity index (χ1) is 11.7. The molecule has 0 fully saturated rings. The molecular formula is C19H18N4O. The zero-order chi connectivity index (χ0) is 16.7. The van der Waals surface area contributed by atoms with Crippen molar-refractivity contribution in [1.82, 2.24) is 19.9 Å². The number of aromatic nitrogens is 4. The number of rotatable bonds is 3. The lowest BCUT2D eigenvalue weighted by molar-refractivity contribution is 0.169. The van der Waals surface area contributed by atoms with Crippen molar-refractivity contribution in [1.29, 1.82) is 0 Å². The molecule has 0 bridgehead atoms. The summed E-state index contributed by atoms with van der Waals surface area (Å²) < 4.78 is 0. The third-order valence-corrected chi connectivity index (χ3v) is 4.42. The van der Waals surface area contributed by atoms with E-state index in [2.05, 4.69) is 19.9 Å². The van der Waals surface area contributed by atoms with Gasteiger partial charge in [-0.15, -0.1) is 0 Å². The van der Waals surface area contributed by atoms with Crippen LogP contribution < -0.4 is 0 Å². The van der Waals surface area contributed by atoms with Crippen LogP contribution in [0.4, 0.5) is 0 Å². The fourth-order valence-corrected chi connectivity index (χ4v) is 3.01. The molecule has 5 heteroatoms. The van der Waals surface area contributed by atoms with E-state index < -0.39 is 6.10 Å². The van der Waals surface area contributed by atoms with Gasteiger partial charge in [0.2, 0.25) is 0 Å². The third-order valence-electron chi connectivity index (χ3n) is 4.42. The SMILES string of the molecule is CCC(O)c1cc(C)c(-c2cc3cnc4[nH]ccc4c3cn2)cn1. The van der Waals surface area contributed by atoms with Crippen molar-refractivity contribution in [2.45, 2.75) is 26.4 Å². The summed E-state index contributed by atoms with van der Waals surface area (Å²) in [4.78, 5) is 16.6. The molecule has 0 aliphatic heterocycles. The van der Waals surface area contributed by atoms with Gasteiger partial charge in [0.05, 0.1) is 17.5 Å². The molecule has 0 saturated heterocycles. The van der Waals surface area contributed by atoms with Crippen molar-refractivity contribution in [3.63, 3.8) is 0 Å². The summed E-state index contributed by atoms with van der Waals surface area (Å²) in [6.45, 7) is 3.96. The van der Waals surface area contributed by atoms with Gasteiger partial charge in [-0.2, -0.15) is 0 Å². The first kappa shape index (κ1) is 14.8. The van der Waals surface area contributed by atoms with Crippen LogP contribution in [0.2, 0.25) is 0 Å². The van der Waals surface area contributed by atoms with Crippen LogP contribution in [-0.2, 0) is 0 Å². The number of fused-ring (bicyclic) bond motifs is 3. The first-order valence-electron chi connectivity index (χ1n) is 8.04. The Balaban J connectivity index is 1.83. The molecule has 5 nitrogen and oxygen atoms in total. The van der Waals surface area contributed by atoms with Gasteiger partial charge in [0, 0.05) is 46.5 Å². The third kappa shape index (κ3) is 2.34. The molecule has 0 radical (unpaired) electrons. The maximum Gasteiger partial charge on any atom is 0.137 e. The minimum atomic E-state index is -0.520. The maximum atomic E-state index is 9.95. The lowest BCUT2D eigenvalue weighted by Crippen LogP contribution is -2.00. The zero-order valence-electron chi connectivity index (χ0n) is 13.6. The number of hydrogen-bond donors (Lipinski definition) is 2. The van der Waals surface area contributed by atoms with E-state index in [-0.39, 0.29) is 0 Å². The second-order valence-corrected chi connectivity index (χ2v) is 6.00. The van der Waals surface area contributed by atoms with Crippen molar-refractivity contribution in [3.05, 3.63) is 54.2 Å². The largest absolute Gasteiger partial charge is 0.387 e. The molecule has 4 heterocycles. The van der Waals surface area contributed by atoms with Gasteiger partial charge in [0.1, 0.15) is 5.65 Å². The molecule has 4 rings (SSSR count). The Morgan fingerprint density at radius 1 is 1.08 bits per heavy atom. The molecule has 1 atom stereocenters. The number of aliphatic hydroxyl groups excluding tert-OH is 1. The molecule has 120 valence electrons. The Hall–Kier alpha value is -2.79. The van der Waals surface area contributed by atoms with Gasteiger partial charge in [-0.3, -0.25) is 9.97 Å². The fraction of sp³-hybridized carbons (Fsp3) is 0.211. The summed E-state index contributed by atoms with van der Waals surface area (Å²) in [5.74, 6) is 0. The van der Waals surface area contributed by atoms with Crippen molar-refractivity contribution >= 4 is 21.8 Å².